The predicted molar refractivity (Wildman–Crippen MR) is 84.3 cm³/mol. The van der Waals surface area contributed by atoms with E-state index in [1.807, 2.05) is 30.9 Å². The first-order valence-corrected chi connectivity index (χ1v) is 7.08. The second-order valence-corrected chi connectivity index (χ2v) is 5.53. The van der Waals surface area contributed by atoms with Crippen molar-refractivity contribution in [2.24, 2.45) is 13.0 Å². The number of aromatic nitrogens is 3. The molecule has 114 valence electrons. The molecule has 2 aromatic heterocycles. The molecule has 2 aromatic rings. The van der Waals surface area contributed by atoms with Crippen LogP contribution in [0.5, 0.6) is 5.88 Å². The molecule has 0 spiro atoms. The van der Waals surface area contributed by atoms with Gasteiger partial charge in [-0.15, -0.1) is 0 Å². The largest absolute Gasteiger partial charge is 0.476 e. The van der Waals surface area contributed by atoms with Crippen molar-refractivity contribution in [3.05, 3.63) is 29.6 Å². The van der Waals surface area contributed by atoms with Crippen LogP contribution in [0.2, 0.25) is 0 Å². The van der Waals surface area contributed by atoms with Gasteiger partial charge in [0, 0.05) is 24.8 Å². The number of rotatable bonds is 6. The van der Waals surface area contributed by atoms with Gasteiger partial charge in [0.2, 0.25) is 5.88 Å². The molecule has 0 unspecified atom stereocenters. The summed E-state index contributed by atoms with van der Waals surface area (Å²) in [7, 11) is 1.93. The quantitative estimate of drug-likeness (QED) is 0.853. The predicted octanol–water partition coefficient (Wildman–Crippen LogP) is 2.35. The summed E-state index contributed by atoms with van der Waals surface area (Å²) in [6, 6.07) is 3.66. The summed E-state index contributed by atoms with van der Waals surface area (Å²) >= 11 is 0. The van der Waals surface area contributed by atoms with Crippen LogP contribution in [0, 0.1) is 12.8 Å². The Morgan fingerprint density at radius 1 is 1.38 bits per heavy atom. The van der Waals surface area contributed by atoms with Gasteiger partial charge in [-0.1, -0.05) is 13.8 Å². The number of nitrogen functional groups attached to an aromatic ring is 1. The van der Waals surface area contributed by atoms with Crippen molar-refractivity contribution < 1.29 is 4.74 Å². The van der Waals surface area contributed by atoms with Crippen LogP contribution in [0.1, 0.15) is 25.1 Å². The molecule has 0 bridgehead atoms. The van der Waals surface area contributed by atoms with Gasteiger partial charge >= 0.3 is 0 Å². The van der Waals surface area contributed by atoms with Gasteiger partial charge in [-0.25, -0.2) is 0 Å². The number of nitrogens with two attached hydrogens (primary N) is 1. The molecule has 6 nitrogen and oxygen atoms in total. The Kier molecular flexibility index (Phi) is 4.67. The number of nitrogens with zero attached hydrogens (tertiary/aromatic N) is 3. The lowest BCUT2D eigenvalue weighted by atomic mass is 10.2. The van der Waals surface area contributed by atoms with Crippen LogP contribution in [-0.4, -0.2) is 21.4 Å². The first kappa shape index (κ1) is 15.2. The van der Waals surface area contributed by atoms with E-state index >= 15 is 0 Å². The molecular formula is C15H23N5O. The molecule has 2 rings (SSSR count). The van der Waals surface area contributed by atoms with Crippen molar-refractivity contribution in [2.45, 2.75) is 27.3 Å². The molecule has 0 fully saturated rings. The molecule has 0 amide bonds. The van der Waals surface area contributed by atoms with Crippen molar-refractivity contribution >= 4 is 11.5 Å². The van der Waals surface area contributed by atoms with Crippen LogP contribution in [0.25, 0.3) is 0 Å². The number of aryl methyl sites for hydroxylation is 1. The lowest BCUT2D eigenvalue weighted by molar-refractivity contribution is 0.263. The maximum absolute atomic E-state index is 5.88. The van der Waals surface area contributed by atoms with E-state index in [2.05, 4.69) is 29.2 Å². The summed E-state index contributed by atoms with van der Waals surface area (Å²) in [5.41, 5.74) is 8.71. The Morgan fingerprint density at radius 3 is 2.76 bits per heavy atom. The minimum absolute atomic E-state index is 0.431. The number of hydrogen-bond acceptors (Lipinski definition) is 5. The monoisotopic (exact) mass is 289 g/mol. The van der Waals surface area contributed by atoms with Crippen LogP contribution in [0.15, 0.2) is 18.3 Å². The van der Waals surface area contributed by atoms with Crippen molar-refractivity contribution in [3.63, 3.8) is 0 Å². The summed E-state index contributed by atoms with van der Waals surface area (Å²) in [5, 5.41) is 7.49. The molecule has 0 aliphatic rings. The molecule has 0 radical (unpaired) electrons. The molecule has 0 aliphatic heterocycles. The van der Waals surface area contributed by atoms with Crippen molar-refractivity contribution in [1.82, 2.24) is 14.8 Å². The molecule has 2 heterocycles. The Hall–Kier alpha value is -2.24. The van der Waals surface area contributed by atoms with Gasteiger partial charge in [-0.2, -0.15) is 10.1 Å². The summed E-state index contributed by atoms with van der Waals surface area (Å²) in [5.74, 6) is 1.66. The molecular weight excluding hydrogens is 266 g/mol. The number of ether oxygens (including phenoxy) is 1. The van der Waals surface area contributed by atoms with E-state index in [1.165, 1.54) is 0 Å². The maximum atomic E-state index is 5.88. The first-order valence-electron chi connectivity index (χ1n) is 7.08. The second-order valence-electron chi connectivity index (χ2n) is 5.53. The highest BCUT2D eigenvalue weighted by atomic mass is 16.5. The van der Waals surface area contributed by atoms with Gasteiger partial charge in [-0.05, 0) is 25.0 Å². The molecule has 0 aliphatic carbocycles. The standard InChI is InChI=1S/C15H23N5O/c1-10(2)9-21-15-13(16)5-6-14(19-15)17-7-12-8-18-20(4)11(12)3/h5-6,8,10H,7,9,16H2,1-4H3,(H,17,19). The molecule has 0 aromatic carbocycles. The molecule has 6 heteroatoms. The molecule has 0 saturated carbocycles. The van der Waals surface area contributed by atoms with Gasteiger partial charge in [0.1, 0.15) is 5.82 Å². The van der Waals surface area contributed by atoms with E-state index in [4.69, 9.17) is 10.5 Å². The molecule has 21 heavy (non-hydrogen) atoms. The minimum atomic E-state index is 0.431. The average Bonchev–Trinajstić information content (AvgIpc) is 2.76. The van der Waals surface area contributed by atoms with E-state index in [-0.39, 0.29) is 0 Å². The van der Waals surface area contributed by atoms with Crippen LogP contribution < -0.4 is 15.8 Å². The lowest BCUT2D eigenvalue weighted by Gasteiger charge is -2.12. The number of pyridine rings is 1. The first-order chi connectivity index (χ1) is 9.97. The van der Waals surface area contributed by atoms with Gasteiger partial charge in [0.15, 0.2) is 0 Å². The van der Waals surface area contributed by atoms with Crippen LogP contribution in [-0.2, 0) is 13.6 Å². The van der Waals surface area contributed by atoms with Crippen molar-refractivity contribution in [1.29, 1.82) is 0 Å². The van der Waals surface area contributed by atoms with E-state index in [0.29, 0.717) is 30.6 Å². The Balaban J connectivity index is 2.03. The zero-order chi connectivity index (χ0) is 15.4. The van der Waals surface area contributed by atoms with Crippen molar-refractivity contribution in [2.75, 3.05) is 17.7 Å². The van der Waals surface area contributed by atoms with Crippen LogP contribution >= 0.6 is 0 Å². The zero-order valence-corrected chi connectivity index (χ0v) is 13.1. The highest BCUT2D eigenvalue weighted by molar-refractivity contribution is 5.53. The molecule has 0 saturated heterocycles. The fourth-order valence-electron chi connectivity index (χ4n) is 1.81. The second kappa shape index (κ2) is 6.47. The van der Waals surface area contributed by atoms with E-state index in [1.54, 1.807) is 6.07 Å². The number of nitrogens with one attached hydrogen (secondary N) is 1. The normalized spacial score (nSPS) is 10.9. The van der Waals surface area contributed by atoms with Gasteiger partial charge in [0.25, 0.3) is 0 Å². The maximum Gasteiger partial charge on any atom is 0.239 e. The van der Waals surface area contributed by atoms with E-state index in [0.717, 1.165) is 17.1 Å². The zero-order valence-electron chi connectivity index (χ0n) is 13.1. The smallest absolute Gasteiger partial charge is 0.239 e. The topological polar surface area (TPSA) is 78.0 Å². The van der Waals surface area contributed by atoms with E-state index < -0.39 is 0 Å². The third-order valence-corrected chi connectivity index (χ3v) is 3.24. The lowest BCUT2D eigenvalue weighted by Crippen LogP contribution is -2.09. The van der Waals surface area contributed by atoms with Gasteiger partial charge in [-0.3, -0.25) is 4.68 Å². The van der Waals surface area contributed by atoms with Gasteiger partial charge in [0.05, 0.1) is 18.5 Å². The van der Waals surface area contributed by atoms with Crippen LogP contribution in [0.3, 0.4) is 0 Å². The highest BCUT2D eigenvalue weighted by Crippen LogP contribution is 2.22. The Labute approximate surface area is 125 Å². The number of anilines is 2. The Bertz CT molecular complexity index is 606. The average molecular weight is 289 g/mol. The fourth-order valence-corrected chi connectivity index (χ4v) is 1.81. The highest BCUT2D eigenvalue weighted by Gasteiger charge is 2.07. The number of hydrogen-bond donors (Lipinski definition) is 2. The summed E-state index contributed by atoms with van der Waals surface area (Å²) < 4.78 is 7.48. The summed E-state index contributed by atoms with van der Waals surface area (Å²) in [4.78, 5) is 4.41. The molecule has 3 N–H and O–H groups in total. The minimum Gasteiger partial charge on any atom is -0.476 e. The third kappa shape index (κ3) is 3.87. The summed E-state index contributed by atoms with van der Waals surface area (Å²) in [6.07, 6.45) is 1.86. The van der Waals surface area contributed by atoms with Gasteiger partial charge < -0.3 is 15.8 Å². The third-order valence-electron chi connectivity index (χ3n) is 3.24. The van der Waals surface area contributed by atoms with E-state index in [9.17, 15) is 0 Å². The Morgan fingerprint density at radius 2 is 2.14 bits per heavy atom. The van der Waals surface area contributed by atoms with Crippen LogP contribution in [0.4, 0.5) is 11.5 Å². The summed E-state index contributed by atoms with van der Waals surface area (Å²) in [6.45, 7) is 7.48. The van der Waals surface area contributed by atoms with Crippen molar-refractivity contribution in [3.8, 4) is 5.88 Å². The molecule has 0 atom stereocenters. The fraction of sp³-hybridized carbons (Fsp3) is 0.467. The SMILES string of the molecule is Cc1c(CNc2ccc(N)c(OCC(C)C)n2)cnn1C.